The number of benzene rings is 1. The van der Waals surface area contributed by atoms with Crippen molar-refractivity contribution in [1.29, 1.82) is 0 Å². The molecule has 0 radical (unpaired) electrons. The van der Waals surface area contributed by atoms with E-state index >= 15 is 0 Å². The van der Waals surface area contributed by atoms with Crippen molar-refractivity contribution in [2.45, 2.75) is 6.42 Å². The second-order valence-electron chi connectivity index (χ2n) is 2.97. The first kappa shape index (κ1) is 9.21. The van der Waals surface area contributed by atoms with Gasteiger partial charge < -0.3 is 5.73 Å². The Morgan fingerprint density at radius 3 is 2.57 bits per heavy atom. The fourth-order valence-corrected chi connectivity index (χ4v) is 1.48. The third-order valence-corrected chi connectivity index (χ3v) is 2.21. The molecule has 2 aromatic rings. The van der Waals surface area contributed by atoms with E-state index in [1.807, 2.05) is 24.3 Å². The summed E-state index contributed by atoms with van der Waals surface area (Å²) in [5.74, 6) is 0.835. The van der Waals surface area contributed by atoms with Crippen molar-refractivity contribution in [1.82, 2.24) is 15.2 Å². The molecular formula is C9H9BrN4. The molecule has 0 unspecified atom stereocenters. The molecule has 0 fully saturated rings. The Hall–Kier alpha value is -1.36. The Morgan fingerprint density at radius 2 is 2.00 bits per heavy atom. The van der Waals surface area contributed by atoms with Gasteiger partial charge in [0.05, 0.1) is 0 Å². The van der Waals surface area contributed by atoms with Crippen LogP contribution in [0.2, 0.25) is 0 Å². The Balaban J connectivity index is 2.15. The standard InChI is InChI=1S/C9H9BrN4/c10-9-12-8(13-14-9)5-6-1-3-7(11)4-2-6/h1-4H,5,11H2,(H,12,13,14). The van der Waals surface area contributed by atoms with Gasteiger partial charge in [-0.2, -0.15) is 0 Å². The van der Waals surface area contributed by atoms with Gasteiger partial charge in [-0.1, -0.05) is 12.1 Å². The fourth-order valence-electron chi connectivity index (χ4n) is 1.18. The van der Waals surface area contributed by atoms with Crippen LogP contribution in [-0.2, 0) is 6.42 Å². The highest BCUT2D eigenvalue weighted by Gasteiger charge is 2.01. The highest BCUT2D eigenvalue weighted by molar-refractivity contribution is 9.10. The van der Waals surface area contributed by atoms with Crippen LogP contribution in [0.3, 0.4) is 0 Å². The monoisotopic (exact) mass is 252 g/mol. The lowest BCUT2D eigenvalue weighted by molar-refractivity contribution is 0.971. The molecule has 0 aliphatic rings. The minimum absolute atomic E-state index is 0.586. The lowest BCUT2D eigenvalue weighted by Crippen LogP contribution is -1.91. The predicted molar refractivity (Wildman–Crippen MR) is 57.7 cm³/mol. The summed E-state index contributed by atoms with van der Waals surface area (Å²) in [5.41, 5.74) is 7.51. The summed E-state index contributed by atoms with van der Waals surface area (Å²) in [6, 6.07) is 7.71. The van der Waals surface area contributed by atoms with Crippen LogP contribution in [0.15, 0.2) is 29.0 Å². The van der Waals surface area contributed by atoms with Crippen molar-refractivity contribution >= 4 is 21.6 Å². The van der Waals surface area contributed by atoms with Gasteiger partial charge in [-0.3, -0.25) is 5.10 Å². The van der Waals surface area contributed by atoms with Crippen LogP contribution < -0.4 is 5.73 Å². The highest BCUT2D eigenvalue weighted by Crippen LogP contribution is 2.10. The summed E-state index contributed by atoms with van der Waals surface area (Å²) < 4.78 is 0.586. The lowest BCUT2D eigenvalue weighted by atomic mass is 10.1. The predicted octanol–water partition coefficient (Wildman–Crippen LogP) is 1.74. The molecule has 4 nitrogen and oxygen atoms in total. The Labute approximate surface area is 89.7 Å². The van der Waals surface area contributed by atoms with E-state index in [1.54, 1.807) is 0 Å². The molecule has 1 aromatic heterocycles. The number of aromatic nitrogens is 3. The molecule has 0 bridgehead atoms. The normalized spacial score (nSPS) is 10.4. The maximum absolute atomic E-state index is 5.58. The van der Waals surface area contributed by atoms with Crippen molar-refractivity contribution in [3.8, 4) is 0 Å². The molecule has 72 valence electrons. The maximum atomic E-state index is 5.58. The minimum Gasteiger partial charge on any atom is -0.399 e. The third-order valence-electron chi connectivity index (χ3n) is 1.86. The average Bonchev–Trinajstić information content (AvgIpc) is 2.56. The molecule has 0 spiro atoms. The molecule has 0 aliphatic heterocycles. The molecule has 5 heteroatoms. The molecule has 3 N–H and O–H groups in total. The summed E-state index contributed by atoms with van der Waals surface area (Å²) >= 11 is 3.18. The van der Waals surface area contributed by atoms with Gasteiger partial charge in [-0.25, -0.2) is 4.98 Å². The smallest absolute Gasteiger partial charge is 0.217 e. The number of aromatic amines is 1. The van der Waals surface area contributed by atoms with Crippen LogP contribution >= 0.6 is 15.9 Å². The van der Waals surface area contributed by atoms with Gasteiger partial charge in [0.1, 0.15) is 5.82 Å². The lowest BCUT2D eigenvalue weighted by Gasteiger charge is -1.97. The minimum atomic E-state index is 0.586. The quantitative estimate of drug-likeness (QED) is 0.801. The zero-order chi connectivity index (χ0) is 9.97. The molecule has 14 heavy (non-hydrogen) atoms. The van der Waals surface area contributed by atoms with Crippen molar-refractivity contribution in [2.24, 2.45) is 0 Å². The molecule has 0 saturated heterocycles. The molecule has 0 saturated carbocycles. The molecule has 0 aliphatic carbocycles. The summed E-state index contributed by atoms with van der Waals surface area (Å²) in [7, 11) is 0. The third kappa shape index (κ3) is 2.11. The summed E-state index contributed by atoms with van der Waals surface area (Å²) in [4.78, 5) is 4.15. The van der Waals surface area contributed by atoms with Gasteiger partial charge in [0.25, 0.3) is 0 Å². The first-order valence-electron chi connectivity index (χ1n) is 4.15. The van der Waals surface area contributed by atoms with Gasteiger partial charge >= 0.3 is 0 Å². The van der Waals surface area contributed by atoms with Crippen LogP contribution in [0.4, 0.5) is 5.69 Å². The van der Waals surface area contributed by atoms with Crippen LogP contribution in [0.5, 0.6) is 0 Å². The number of nitrogens with one attached hydrogen (secondary N) is 1. The molecule has 0 amide bonds. The van der Waals surface area contributed by atoms with Crippen LogP contribution in [0, 0.1) is 0 Å². The Bertz CT molecular complexity index is 421. The number of H-pyrrole nitrogens is 1. The number of hydrogen-bond acceptors (Lipinski definition) is 3. The number of rotatable bonds is 2. The summed E-state index contributed by atoms with van der Waals surface area (Å²) in [5, 5.41) is 6.72. The van der Waals surface area contributed by atoms with Crippen molar-refractivity contribution in [2.75, 3.05) is 5.73 Å². The number of nitrogens with zero attached hydrogens (tertiary/aromatic N) is 2. The van der Waals surface area contributed by atoms with E-state index in [1.165, 1.54) is 0 Å². The van der Waals surface area contributed by atoms with Gasteiger partial charge in [-0.15, -0.1) is 5.10 Å². The van der Waals surface area contributed by atoms with Crippen LogP contribution in [0.1, 0.15) is 11.4 Å². The van der Waals surface area contributed by atoms with E-state index in [4.69, 9.17) is 5.73 Å². The zero-order valence-corrected chi connectivity index (χ0v) is 8.95. The van der Waals surface area contributed by atoms with Gasteiger partial charge in [0, 0.05) is 12.1 Å². The van der Waals surface area contributed by atoms with Crippen LogP contribution in [0.25, 0.3) is 0 Å². The largest absolute Gasteiger partial charge is 0.399 e. The second-order valence-corrected chi connectivity index (χ2v) is 3.68. The van der Waals surface area contributed by atoms with Crippen molar-refractivity contribution < 1.29 is 0 Å². The van der Waals surface area contributed by atoms with E-state index in [2.05, 4.69) is 31.1 Å². The molecule has 0 atom stereocenters. The van der Waals surface area contributed by atoms with E-state index in [-0.39, 0.29) is 0 Å². The van der Waals surface area contributed by atoms with Crippen molar-refractivity contribution in [3.63, 3.8) is 0 Å². The SMILES string of the molecule is Nc1ccc(Cc2nc(Br)n[nH]2)cc1. The van der Waals surface area contributed by atoms with E-state index < -0.39 is 0 Å². The first-order chi connectivity index (χ1) is 6.74. The summed E-state index contributed by atoms with van der Waals surface area (Å²) in [6.45, 7) is 0. The molecule has 1 heterocycles. The second kappa shape index (κ2) is 3.79. The van der Waals surface area contributed by atoms with Crippen LogP contribution in [-0.4, -0.2) is 15.2 Å². The van der Waals surface area contributed by atoms with Gasteiger partial charge in [0.15, 0.2) is 0 Å². The average molecular weight is 253 g/mol. The van der Waals surface area contributed by atoms with E-state index in [0.29, 0.717) is 4.73 Å². The van der Waals surface area contributed by atoms with Gasteiger partial charge in [0.2, 0.25) is 4.73 Å². The molecule has 2 rings (SSSR count). The number of nitrogens with two attached hydrogens (primary N) is 1. The number of hydrogen-bond donors (Lipinski definition) is 2. The van der Waals surface area contributed by atoms with Gasteiger partial charge in [-0.05, 0) is 33.6 Å². The van der Waals surface area contributed by atoms with E-state index in [9.17, 15) is 0 Å². The number of anilines is 1. The number of nitrogen functional groups attached to an aromatic ring is 1. The Morgan fingerprint density at radius 1 is 1.29 bits per heavy atom. The summed E-state index contributed by atoms with van der Waals surface area (Å²) in [6.07, 6.45) is 0.735. The fraction of sp³-hybridized carbons (Fsp3) is 0.111. The Kier molecular flexibility index (Phi) is 2.49. The highest BCUT2D eigenvalue weighted by atomic mass is 79.9. The maximum Gasteiger partial charge on any atom is 0.217 e. The molecule has 1 aromatic carbocycles. The topological polar surface area (TPSA) is 67.6 Å². The van der Waals surface area contributed by atoms with E-state index in [0.717, 1.165) is 23.5 Å². The number of halogens is 1. The first-order valence-corrected chi connectivity index (χ1v) is 4.94. The van der Waals surface area contributed by atoms with Crippen molar-refractivity contribution in [3.05, 3.63) is 40.4 Å². The zero-order valence-electron chi connectivity index (χ0n) is 7.37. The molecular weight excluding hydrogens is 244 g/mol.